The van der Waals surface area contributed by atoms with Crippen LogP contribution >= 0.6 is 0 Å². The minimum atomic E-state index is -3.44. The molecule has 31 heavy (non-hydrogen) atoms. The quantitative estimate of drug-likeness (QED) is 0.496. The lowest BCUT2D eigenvalue weighted by atomic mass is 10.1. The Kier molecular flexibility index (Phi) is 6.98. The van der Waals surface area contributed by atoms with Crippen LogP contribution in [-0.2, 0) is 27.1 Å². The number of nitrogens with one attached hydrogen (secondary N) is 2. The Labute approximate surface area is 180 Å². The summed E-state index contributed by atoms with van der Waals surface area (Å²) in [5.74, 6) is -0.420. The Morgan fingerprint density at radius 2 is 1.94 bits per heavy atom. The number of fused-ring (bicyclic) bond motifs is 1. The van der Waals surface area contributed by atoms with Gasteiger partial charge in [-0.1, -0.05) is 30.3 Å². The van der Waals surface area contributed by atoms with Crippen LogP contribution in [0.3, 0.4) is 0 Å². The van der Waals surface area contributed by atoms with E-state index in [1.54, 1.807) is 30.3 Å². The highest BCUT2D eigenvalue weighted by Gasteiger charge is 2.11. The first-order valence-electron chi connectivity index (χ1n) is 9.71. The molecule has 2 N–H and O–H groups in total. The molecule has 0 aliphatic heterocycles. The summed E-state index contributed by atoms with van der Waals surface area (Å²) in [5, 5.41) is 3.27. The van der Waals surface area contributed by atoms with Gasteiger partial charge in [-0.05, 0) is 36.2 Å². The number of amides is 1. The fraction of sp³-hybridized carbons (Fsp3) is 0.227. The van der Waals surface area contributed by atoms with Gasteiger partial charge in [-0.2, -0.15) is 0 Å². The number of carbonyl (C=O) groups is 1. The lowest BCUT2D eigenvalue weighted by molar-refractivity contribution is -0.116. The van der Waals surface area contributed by atoms with E-state index in [2.05, 4.69) is 21.6 Å². The number of benzene rings is 2. The monoisotopic (exact) mass is 440 g/mol. The number of sulfonamides is 1. The summed E-state index contributed by atoms with van der Waals surface area (Å²) in [4.78, 5) is 29.2. The van der Waals surface area contributed by atoms with Crippen LogP contribution in [0.4, 0.5) is 5.69 Å². The summed E-state index contributed by atoms with van der Waals surface area (Å²) in [5.41, 5.74) is 2.54. The zero-order valence-corrected chi connectivity index (χ0v) is 18.0. The molecule has 8 nitrogen and oxygen atoms in total. The normalized spacial score (nSPS) is 11.4. The van der Waals surface area contributed by atoms with Crippen LogP contribution in [0.2, 0.25) is 0 Å². The molecule has 1 amide bonds. The van der Waals surface area contributed by atoms with Crippen molar-refractivity contribution >= 4 is 32.5 Å². The van der Waals surface area contributed by atoms with Gasteiger partial charge in [-0.25, -0.2) is 18.1 Å². The highest BCUT2D eigenvalue weighted by molar-refractivity contribution is 7.88. The largest absolute Gasteiger partial charge is 0.326 e. The lowest BCUT2D eigenvalue weighted by Gasteiger charge is -2.09. The number of rotatable bonds is 9. The van der Waals surface area contributed by atoms with Crippen LogP contribution in [-0.4, -0.2) is 30.4 Å². The maximum atomic E-state index is 12.6. The van der Waals surface area contributed by atoms with Crippen molar-refractivity contribution in [3.63, 3.8) is 0 Å². The van der Waals surface area contributed by atoms with E-state index in [9.17, 15) is 18.0 Å². The fourth-order valence-electron chi connectivity index (χ4n) is 3.08. The van der Waals surface area contributed by atoms with Crippen molar-refractivity contribution in [2.45, 2.75) is 25.6 Å². The van der Waals surface area contributed by atoms with Crippen molar-refractivity contribution in [1.82, 2.24) is 14.3 Å². The predicted octanol–water partition coefficient (Wildman–Crippen LogP) is 2.34. The van der Waals surface area contributed by atoms with Crippen molar-refractivity contribution in [2.24, 2.45) is 0 Å². The van der Waals surface area contributed by atoms with Gasteiger partial charge in [-0.15, -0.1) is 6.58 Å². The fourth-order valence-corrected chi connectivity index (χ4v) is 4.19. The molecule has 0 saturated heterocycles. The zero-order valence-electron chi connectivity index (χ0n) is 17.2. The molecule has 1 heterocycles. The number of aryl methyl sites for hydroxylation is 2. The van der Waals surface area contributed by atoms with Gasteiger partial charge in [-0.3, -0.25) is 14.2 Å². The van der Waals surface area contributed by atoms with Gasteiger partial charge < -0.3 is 5.32 Å². The van der Waals surface area contributed by atoms with E-state index in [1.807, 2.05) is 19.1 Å². The van der Waals surface area contributed by atoms with Crippen molar-refractivity contribution in [1.29, 1.82) is 0 Å². The smallest absolute Gasteiger partial charge is 0.261 e. The molecule has 162 valence electrons. The molecule has 0 aliphatic rings. The molecule has 1 aromatic heterocycles. The van der Waals surface area contributed by atoms with Gasteiger partial charge in [0.05, 0.1) is 23.0 Å². The van der Waals surface area contributed by atoms with E-state index in [1.165, 1.54) is 17.0 Å². The first-order valence-corrected chi connectivity index (χ1v) is 11.4. The van der Waals surface area contributed by atoms with E-state index in [0.29, 0.717) is 22.2 Å². The van der Waals surface area contributed by atoms with Crippen LogP contribution in [0.1, 0.15) is 17.5 Å². The maximum Gasteiger partial charge on any atom is 0.261 e. The Morgan fingerprint density at radius 3 is 2.65 bits per heavy atom. The third kappa shape index (κ3) is 5.87. The Hall–Kier alpha value is -3.30. The van der Waals surface area contributed by atoms with E-state index in [4.69, 9.17) is 0 Å². The van der Waals surface area contributed by atoms with Crippen LogP contribution in [0.15, 0.2) is 66.2 Å². The van der Waals surface area contributed by atoms with Gasteiger partial charge in [0.15, 0.2) is 0 Å². The molecule has 0 fully saturated rings. The van der Waals surface area contributed by atoms with Crippen molar-refractivity contribution in [2.75, 3.05) is 11.9 Å². The molecule has 0 spiro atoms. The van der Waals surface area contributed by atoms with Gasteiger partial charge in [0.1, 0.15) is 0 Å². The average Bonchev–Trinajstić information content (AvgIpc) is 2.74. The topological polar surface area (TPSA) is 110 Å². The molecule has 0 unspecified atom stereocenters. The zero-order chi connectivity index (χ0) is 22.4. The Morgan fingerprint density at radius 1 is 1.19 bits per heavy atom. The molecular weight excluding hydrogens is 416 g/mol. The number of nitrogens with zero attached hydrogens (tertiary/aromatic N) is 2. The Bertz CT molecular complexity index is 1260. The second-order valence-corrected chi connectivity index (χ2v) is 8.91. The first kappa shape index (κ1) is 22.4. The molecule has 0 atom stereocenters. The molecular formula is C22H24N4O4S. The lowest BCUT2D eigenvalue weighted by Crippen LogP contribution is -2.25. The summed E-state index contributed by atoms with van der Waals surface area (Å²) in [6.45, 7) is 5.74. The minimum absolute atomic E-state index is 0.0977. The average molecular weight is 441 g/mol. The highest BCUT2D eigenvalue weighted by atomic mass is 32.2. The third-order valence-corrected chi connectivity index (χ3v) is 6.00. The molecule has 0 radical (unpaired) electrons. The summed E-state index contributed by atoms with van der Waals surface area (Å²) in [7, 11) is -3.44. The summed E-state index contributed by atoms with van der Waals surface area (Å²) < 4.78 is 27.6. The van der Waals surface area contributed by atoms with E-state index in [-0.39, 0.29) is 36.7 Å². The minimum Gasteiger partial charge on any atom is -0.326 e. The number of carbonyl (C=O) groups excluding carboxylic acids is 1. The van der Waals surface area contributed by atoms with Crippen LogP contribution in [0.25, 0.3) is 10.9 Å². The van der Waals surface area contributed by atoms with Gasteiger partial charge >= 0.3 is 0 Å². The molecule has 0 aliphatic carbocycles. The molecule has 0 bridgehead atoms. The predicted molar refractivity (Wildman–Crippen MR) is 121 cm³/mol. The second kappa shape index (κ2) is 9.67. The Balaban J connectivity index is 1.59. The van der Waals surface area contributed by atoms with Crippen molar-refractivity contribution in [3.8, 4) is 0 Å². The standard InChI is InChI=1S/C22H24N4O4S/c1-3-12-24-31(29,30)14-17-7-9-18(10-8-17)25-20(27)11-13-26-15-23-21-16(2)5-4-6-19(21)22(26)28/h3-10,15,24H,1,11-14H2,2H3,(H,25,27). The molecule has 0 saturated carbocycles. The highest BCUT2D eigenvalue weighted by Crippen LogP contribution is 2.13. The summed E-state index contributed by atoms with van der Waals surface area (Å²) in [6.07, 6.45) is 3.03. The van der Waals surface area contributed by atoms with Crippen molar-refractivity contribution in [3.05, 3.63) is 82.9 Å². The maximum absolute atomic E-state index is 12.6. The second-order valence-electron chi connectivity index (χ2n) is 7.11. The summed E-state index contributed by atoms with van der Waals surface area (Å²) >= 11 is 0. The number of para-hydroxylation sites is 1. The first-order chi connectivity index (χ1) is 14.8. The van der Waals surface area contributed by atoms with E-state index >= 15 is 0 Å². The van der Waals surface area contributed by atoms with Gasteiger partial charge in [0.25, 0.3) is 5.56 Å². The molecule has 3 aromatic rings. The van der Waals surface area contributed by atoms with Crippen LogP contribution in [0, 0.1) is 6.92 Å². The number of hydrogen-bond acceptors (Lipinski definition) is 5. The number of anilines is 1. The van der Waals surface area contributed by atoms with Gasteiger partial charge in [0.2, 0.25) is 15.9 Å². The van der Waals surface area contributed by atoms with E-state index < -0.39 is 10.0 Å². The van der Waals surface area contributed by atoms with E-state index in [0.717, 1.165) is 5.56 Å². The molecule has 3 rings (SSSR count). The molecule has 2 aromatic carbocycles. The van der Waals surface area contributed by atoms with Crippen LogP contribution in [0.5, 0.6) is 0 Å². The molecule has 9 heteroatoms. The summed E-state index contributed by atoms with van der Waals surface area (Å²) in [6, 6.07) is 12.0. The number of hydrogen-bond donors (Lipinski definition) is 2. The van der Waals surface area contributed by atoms with Crippen molar-refractivity contribution < 1.29 is 13.2 Å². The van der Waals surface area contributed by atoms with Gasteiger partial charge in [0, 0.05) is 25.2 Å². The number of aromatic nitrogens is 2. The third-order valence-electron chi connectivity index (χ3n) is 4.68. The SMILES string of the molecule is C=CCNS(=O)(=O)Cc1ccc(NC(=O)CCn2cnc3c(C)cccc3c2=O)cc1. The van der Waals surface area contributed by atoms with Crippen LogP contribution < -0.4 is 15.6 Å².